The molecule has 4 aromatic rings. The van der Waals surface area contributed by atoms with Crippen molar-refractivity contribution < 1.29 is 9.59 Å². The molecule has 0 spiro atoms. The molecule has 1 aliphatic heterocycles. The van der Waals surface area contributed by atoms with Crippen LogP contribution in [0.15, 0.2) is 84.0 Å². The summed E-state index contributed by atoms with van der Waals surface area (Å²) in [5.41, 5.74) is 4.32. The third-order valence-electron chi connectivity index (χ3n) is 5.20. The molecule has 7 heteroatoms. The maximum atomic E-state index is 13.3. The van der Waals surface area contributed by atoms with Crippen molar-refractivity contribution in [2.24, 2.45) is 0 Å². The van der Waals surface area contributed by atoms with Crippen LogP contribution in [0.5, 0.6) is 0 Å². The highest BCUT2D eigenvalue weighted by atomic mass is 32.2. The highest BCUT2D eigenvalue weighted by Crippen LogP contribution is 2.31. The molecule has 2 amide bonds. The molecular formula is C24H20N4O2S. The zero-order valence-corrected chi connectivity index (χ0v) is 17.5. The lowest BCUT2D eigenvalue weighted by molar-refractivity contribution is -0.122. The Morgan fingerprint density at radius 1 is 0.968 bits per heavy atom. The summed E-state index contributed by atoms with van der Waals surface area (Å²) in [6, 6.07) is 25.4. The molecule has 0 aliphatic carbocycles. The highest BCUT2D eigenvalue weighted by molar-refractivity contribution is 7.98. The van der Waals surface area contributed by atoms with Gasteiger partial charge in [-0.1, -0.05) is 66.4 Å². The maximum absolute atomic E-state index is 13.3. The number of carbonyl (C=O) groups excluding carboxylic acids is 2. The fraction of sp³-hybridized carbons (Fsp3) is 0.125. The average molecular weight is 429 g/mol. The topological polar surface area (TPSA) is 67.2 Å². The van der Waals surface area contributed by atoms with Gasteiger partial charge in [0.25, 0.3) is 0 Å². The van der Waals surface area contributed by atoms with Crippen molar-refractivity contribution in [3.8, 4) is 0 Å². The molecule has 1 N–H and O–H groups in total. The molecule has 0 bridgehead atoms. The van der Waals surface area contributed by atoms with Gasteiger partial charge in [-0.25, -0.2) is 4.98 Å². The molecule has 6 nitrogen and oxygen atoms in total. The molecule has 31 heavy (non-hydrogen) atoms. The Kier molecular flexibility index (Phi) is 5.18. The van der Waals surface area contributed by atoms with Crippen LogP contribution in [-0.4, -0.2) is 27.9 Å². The number of benzene rings is 3. The van der Waals surface area contributed by atoms with Gasteiger partial charge in [0.05, 0.1) is 22.4 Å². The van der Waals surface area contributed by atoms with Crippen LogP contribution < -0.4 is 10.2 Å². The standard InChI is InChI=1S/C24H20N4O2S/c29-22-14-27(20-12-6-4-10-18(20)25-22)23(30)15-28-21-13-7-5-11-19(21)26-24(28)31-16-17-8-2-1-3-9-17/h1-13H,14-16H2,(H,25,29). The molecule has 2 heterocycles. The van der Waals surface area contributed by atoms with Crippen LogP contribution in [0.25, 0.3) is 11.0 Å². The quantitative estimate of drug-likeness (QED) is 0.481. The Morgan fingerprint density at radius 2 is 1.71 bits per heavy atom. The minimum absolute atomic E-state index is 0.00890. The third kappa shape index (κ3) is 3.92. The van der Waals surface area contributed by atoms with Crippen molar-refractivity contribution in [3.05, 3.63) is 84.4 Å². The lowest BCUT2D eigenvalue weighted by atomic mass is 10.2. The first-order chi connectivity index (χ1) is 15.2. The Balaban J connectivity index is 1.46. The number of hydrogen-bond acceptors (Lipinski definition) is 4. The minimum Gasteiger partial charge on any atom is -0.323 e. The van der Waals surface area contributed by atoms with Crippen molar-refractivity contribution in [2.45, 2.75) is 17.5 Å². The molecule has 3 aromatic carbocycles. The Morgan fingerprint density at radius 3 is 2.58 bits per heavy atom. The molecule has 5 rings (SSSR count). The normalized spacial score (nSPS) is 13.2. The molecule has 0 radical (unpaired) electrons. The van der Waals surface area contributed by atoms with Gasteiger partial charge in [0.15, 0.2) is 5.16 Å². The monoisotopic (exact) mass is 428 g/mol. The Labute approximate surface area is 183 Å². The first-order valence-corrected chi connectivity index (χ1v) is 11.0. The number of rotatable bonds is 5. The number of para-hydroxylation sites is 4. The van der Waals surface area contributed by atoms with E-state index in [0.717, 1.165) is 27.6 Å². The van der Waals surface area contributed by atoms with Gasteiger partial charge in [0.2, 0.25) is 11.8 Å². The number of nitrogens with one attached hydrogen (secondary N) is 1. The first-order valence-electron chi connectivity index (χ1n) is 10.0. The smallest absolute Gasteiger partial charge is 0.247 e. The van der Waals surface area contributed by atoms with Gasteiger partial charge < -0.3 is 9.88 Å². The third-order valence-corrected chi connectivity index (χ3v) is 6.24. The molecule has 154 valence electrons. The van der Waals surface area contributed by atoms with E-state index in [4.69, 9.17) is 4.98 Å². The Hall–Kier alpha value is -3.58. The zero-order valence-electron chi connectivity index (χ0n) is 16.7. The zero-order chi connectivity index (χ0) is 21.2. The van der Waals surface area contributed by atoms with E-state index >= 15 is 0 Å². The molecular weight excluding hydrogens is 408 g/mol. The number of hydrogen-bond donors (Lipinski definition) is 1. The second kappa shape index (κ2) is 8.28. The number of nitrogens with zero attached hydrogens (tertiary/aromatic N) is 3. The predicted molar refractivity (Wildman–Crippen MR) is 123 cm³/mol. The Bertz CT molecular complexity index is 1270. The van der Waals surface area contributed by atoms with E-state index < -0.39 is 0 Å². The van der Waals surface area contributed by atoms with Crippen molar-refractivity contribution in [1.29, 1.82) is 0 Å². The van der Waals surface area contributed by atoms with Gasteiger partial charge in [0, 0.05) is 5.75 Å². The van der Waals surface area contributed by atoms with Crippen molar-refractivity contribution in [1.82, 2.24) is 9.55 Å². The van der Waals surface area contributed by atoms with E-state index in [-0.39, 0.29) is 24.9 Å². The number of thioether (sulfide) groups is 1. The second-order valence-corrected chi connectivity index (χ2v) is 8.23. The fourth-order valence-corrected chi connectivity index (χ4v) is 4.68. The molecule has 0 atom stereocenters. The van der Waals surface area contributed by atoms with E-state index in [9.17, 15) is 9.59 Å². The van der Waals surface area contributed by atoms with E-state index in [2.05, 4.69) is 17.4 Å². The largest absolute Gasteiger partial charge is 0.323 e. The average Bonchev–Trinajstić information content (AvgIpc) is 3.15. The summed E-state index contributed by atoms with van der Waals surface area (Å²) in [4.78, 5) is 31.8. The van der Waals surface area contributed by atoms with Gasteiger partial charge >= 0.3 is 0 Å². The second-order valence-electron chi connectivity index (χ2n) is 7.29. The van der Waals surface area contributed by atoms with Crippen LogP contribution in [0.3, 0.4) is 0 Å². The maximum Gasteiger partial charge on any atom is 0.247 e. The summed E-state index contributed by atoms with van der Waals surface area (Å²) in [5.74, 6) is 0.418. The molecule has 0 saturated heterocycles. The summed E-state index contributed by atoms with van der Waals surface area (Å²) in [6.07, 6.45) is 0. The van der Waals surface area contributed by atoms with E-state index in [1.807, 2.05) is 65.2 Å². The van der Waals surface area contributed by atoms with Crippen LogP contribution in [0.4, 0.5) is 11.4 Å². The van der Waals surface area contributed by atoms with Crippen molar-refractivity contribution >= 4 is 46.0 Å². The van der Waals surface area contributed by atoms with E-state index in [0.29, 0.717) is 5.69 Å². The summed E-state index contributed by atoms with van der Waals surface area (Å²) < 4.78 is 1.94. The summed E-state index contributed by atoms with van der Waals surface area (Å²) in [7, 11) is 0. The number of amides is 2. The highest BCUT2D eigenvalue weighted by Gasteiger charge is 2.27. The summed E-state index contributed by atoms with van der Waals surface area (Å²) >= 11 is 1.60. The van der Waals surface area contributed by atoms with Gasteiger partial charge in [0.1, 0.15) is 13.1 Å². The van der Waals surface area contributed by atoms with Crippen LogP contribution in [0.1, 0.15) is 5.56 Å². The lowest BCUT2D eigenvalue weighted by Crippen LogP contribution is -2.43. The number of anilines is 2. The van der Waals surface area contributed by atoms with Gasteiger partial charge in [-0.15, -0.1) is 0 Å². The molecule has 1 aromatic heterocycles. The SMILES string of the molecule is O=C1CN(C(=O)Cn2c(SCc3ccccc3)nc3ccccc32)c2ccccc2N1. The molecule has 0 unspecified atom stereocenters. The van der Waals surface area contributed by atoms with Crippen molar-refractivity contribution in [2.75, 3.05) is 16.8 Å². The number of imidazole rings is 1. The fourth-order valence-electron chi connectivity index (χ4n) is 3.71. The number of fused-ring (bicyclic) bond motifs is 2. The molecule has 1 aliphatic rings. The summed E-state index contributed by atoms with van der Waals surface area (Å²) in [5, 5.41) is 3.61. The van der Waals surface area contributed by atoms with Gasteiger partial charge in [-0.2, -0.15) is 0 Å². The minimum atomic E-state index is -0.193. The first kappa shape index (κ1) is 19.4. The van der Waals surface area contributed by atoms with Crippen LogP contribution >= 0.6 is 11.8 Å². The van der Waals surface area contributed by atoms with Crippen LogP contribution in [0.2, 0.25) is 0 Å². The number of carbonyl (C=O) groups is 2. The molecule has 0 saturated carbocycles. The van der Waals surface area contributed by atoms with Gasteiger partial charge in [-0.05, 0) is 29.8 Å². The van der Waals surface area contributed by atoms with Crippen LogP contribution in [-0.2, 0) is 21.9 Å². The van der Waals surface area contributed by atoms with E-state index in [1.165, 1.54) is 5.56 Å². The lowest BCUT2D eigenvalue weighted by Gasteiger charge is -2.29. The van der Waals surface area contributed by atoms with Crippen molar-refractivity contribution in [3.63, 3.8) is 0 Å². The van der Waals surface area contributed by atoms with Crippen LogP contribution in [0, 0.1) is 0 Å². The molecule has 0 fully saturated rings. The number of aromatic nitrogens is 2. The predicted octanol–water partition coefficient (Wildman–Crippen LogP) is 4.31. The van der Waals surface area contributed by atoms with E-state index in [1.54, 1.807) is 22.7 Å². The van der Waals surface area contributed by atoms with Gasteiger partial charge in [-0.3, -0.25) is 14.5 Å². The summed E-state index contributed by atoms with van der Waals surface area (Å²) in [6.45, 7) is 0.119.